The molecule has 0 radical (unpaired) electrons. The highest BCUT2D eigenvalue weighted by molar-refractivity contribution is 7.89. The molecule has 1 amide bonds. The molecule has 0 aromatic heterocycles. The Morgan fingerprint density at radius 3 is 2.28 bits per heavy atom. The maximum atomic E-state index is 12.6. The van der Waals surface area contributed by atoms with Gasteiger partial charge >= 0.3 is 6.61 Å². The molecule has 0 saturated carbocycles. The zero-order chi connectivity index (χ0) is 20.9. The zero-order valence-corrected chi connectivity index (χ0v) is 16.3. The molecule has 1 aliphatic rings. The molecule has 0 aliphatic carbocycles. The van der Waals surface area contributed by atoms with Gasteiger partial charge in [0.2, 0.25) is 15.9 Å². The van der Waals surface area contributed by atoms with Crippen LogP contribution in [-0.4, -0.2) is 62.9 Å². The molecule has 0 unspecified atom stereocenters. The summed E-state index contributed by atoms with van der Waals surface area (Å²) in [5, 5.41) is 2.56. The number of hydrogen-bond donors (Lipinski definition) is 1. The third kappa shape index (κ3) is 5.49. The number of ether oxygens (including phenoxy) is 1. The van der Waals surface area contributed by atoms with E-state index >= 15 is 0 Å². The van der Waals surface area contributed by atoms with E-state index in [1.54, 1.807) is 36.4 Å². The minimum absolute atomic E-state index is 0.0161. The highest BCUT2D eigenvalue weighted by Gasteiger charge is 2.29. The normalized spacial score (nSPS) is 16.0. The smallest absolute Gasteiger partial charge is 0.387 e. The van der Waals surface area contributed by atoms with Crippen molar-refractivity contribution in [2.75, 3.05) is 38.0 Å². The number of sulfonamides is 1. The Bertz CT molecular complexity index is 933. The fourth-order valence-electron chi connectivity index (χ4n) is 3.03. The second-order valence-corrected chi connectivity index (χ2v) is 8.35. The molecule has 3 rings (SSSR count). The first-order chi connectivity index (χ1) is 13.9. The van der Waals surface area contributed by atoms with Crippen molar-refractivity contribution < 1.29 is 26.7 Å². The van der Waals surface area contributed by atoms with Gasteiger partial charge in [0.1, 0.15) is 5.75 Å². The summed E-state index contributed by atoms with van der Waals surface area (Å²) in [6, 6.07) is 14.1. The average molecular weight is 425 g/mol. The Kier molecular flexibility index (Phi) is 6.78. The first-order valence-electron chi connectivity index (χ1n) is 8.97. The average Bonchev–Trinajstić information content (AvgIpc) is 2.70. The molecule has 2 aromatic rings. The highest BCUT2D eigenvalue weighted by Crippen LogP contribution is 2.25. The molecule has 29 heavy (non-hydrogen) atoms. The van der Waals surface area contributed by atoms with Crippen LogP contribution in [0.3, 0.4) is 0 Å². The lowest BCUT2D eigenvalue weighted by molar-refractivity contribution is -0.117. The molecule has 0 spiro atoms. The van der Waals surface area contributed by atoms with E-state index in [1.807, 2.05) is 4.90 Å². The van der Waals surface area contributed by atoms with Crippen LogP contribution in [0.1, 0.15) is 0 Å². The second kappa shape index (κ2) is 9.29. The second-order valence-electron chi connectivity index (χ2n) is 6.42. The summed E-state index contributed by atoms with van der Waals surface area (Å²) in [4.78, 5) is 14.3. The quantitative estimate of drug-likeness (QED) is 0.736. The van der Waals surface area contributed by atoms with E-state index < -0.39 is 22.5 Å². The molecule has 1 N–H and O–H groups in total. The molecule has 0 atom stereocenters. The monoisotopic (exact) mass is 425 g/mol. The predicted octanol–water partition coefficient (Wildman–Crippen LogP) is 2.23. The van der Waals surface area contributed by atoms with Crippen LogP contribution < -0.4 is 10.1 Å². The van der Waals surface area contributed by atoms with E-state index in [4.69, 9.17) is 0 Å². The maximum Gasteiger partial charge on any atom is 0.387 e. The van der Waals surface area contributed by atoms with Crippen LogP contribution in [-0.2, 0) is 14.8 Å². The van der Waals surface area contributed by atoms with Crippen molar-refractivity contribution in [1.29, 1.82) is 0 Å². The summed E-state index contributed by atoms with van der Waals surface area (Å²) < 4.78 is 56.0. The summed E-state index contributed by atoms with van der Waals surface area (Å²) in [5.74, 6) is -0.510. The number of benzene rings is 2. The lowest BCUT2D eigenvalue weighted by Gasteiger charge is -2.33. The summed E-state index contributed by atoms with van der Waals surface area (Å²) >= 11 is 0. The third-order valence-corrected chi connectivity index (χ3v) is 6.37. The SMILES string of the molecule is O=C(CN1CCN(S(=O)(=O)c2ccccc2)CC1)Nc1ccccc1OC(F)F. The van der Waals surface area contributed by atoms with Crippen LogP contribution in [0.15, 0.2) is 59.5 Å². The van der Waals surface area contributed by atoms with Gasteiger partial charge in [0.05, 0.1) is 17.1 Å². The first kappa shape index (κ1) is 21.2. The number of amides is 1. The minimum atomic E-state index is -3.56. The van der Waals surface area contributed by atoms with Crippen molar-refractivity contribution in [3.8, 4) is 5.75 Å². The Hall–Kier alpha value is -2.56. The largest absolute Gasteiger partial charge is 0.433 e. The van der Waals surface area contributed by atoms with Crippen molar-refractivity contribution >= 4 is 21.6 Å². The van der Waals surface area contributed by atoms with Gasteiger partial charge in [-0.1, -0.05) is 30.3 Å². The minimum Gasteiger partial charge on any atom is -0.433 e. The maximum absolute atomic E-state index is 12.6. The molecule has 1 heterocycles. The van der Waals surface area contributed by atoms with E-state index in [0.717, 1.165) is 0 Å². The third-order valence-electron chi connectivity index (χ3n) is 4.46. The zero-order valence-electron chi connectivity index (χ0n) is 15.5. The molecular formula is C19H21F2N3O4S. The number of alkyl halides is 2. The van der Waals surface area contributed by atoms with Crippen molar-refractivity contribution in [3.63, 3.8) is 0 Å². The summed E-state index contributed by atoms with van der Waals surface area (Å²) in [6.45, 7) is -1.69. The van der Waals surface area contributed by atoms with Crippen LogP contribution in [0.4, 0.5) is 14.5 Å². The molecule has 1 aliphatic heterocycles. The number of nitrogens with zero attached hydrogens (tertiary/aromatic N) is 2. The lowest BCUT2D eigenvalue weighted by Crippen LogP contribution is -2.50. The van der Waals surface area contributed by atoms with E-state index in [2.05, 4.69) is 10.1 Å². The van der Waals surface area contributed by atoms with Gasteiger partial charge in [0.15, 0.2) is 0 Å². The van der Waals surface area contributed by atoms with Crippen molar-refractivity contribution in [3.05, 3.63) is 54.6 Å². The molecule has 156 valence electrons. The number of rotatable bonds is 7. The topological polar surface area (TPSA) is 79.0 Å². The van der Waals surface area contributed by atoms with Gasteiger partial charge in [-0.15, -0.1) is 0 Å². The Morgan fingerprint density at radius 2 is 1.62 bits per heavy atom. The Labute approximate surface area is 167 Å². The molecule has 7 nitrogen and oxygen atoms in total. The molecule has 1 saturated heterocycles. The van der Waals surface area contributed by atoms with E-state index in [-0.39, 0.29) is 36.0 Å². The van der Waals surface area contributed by atoms with Gasteiger partial charge in [-0.05, 0) is 24.3 Å². The fraction of sp³-hybridized carbons (Fsp3) is 0.316. The van der Waals surface area contributed by atoms with Crippen LogP contribution >= 0.6 is 0 Å². The summed E-state index contributed by atoms with van der Waals surface area (Å²) in [7, 11) is -3.56. The van der Waals surface area contributed by atoms with Gasteiger partial charge in [0, 0.05) is 26.2 Å². The van der Waals surface area contributed by atoms with Crippen molar-refractivity contribution in [2.24, 2.45) is 0 Å². The van der Waals surface area contributed by atoms with E-state index in [9.17, 15) is 22.0 Å². The number of carbonyl (C=O) groups is 1. The van der Waals surface area contributed by atoms with E-state index in [0.29, 0.717) is 13.1 Å². The number of nitrogens with one attached hydrogen (secondary N) is 1. The summed E-state index contributed by atoms with van der Waals surface area (Å²) in [5.41, 5.74) is 0.156. The van der Waals surface area contributed by atoms with Crippen LogP contribution in [0.5, 0.6) is 5.75 Å². The lowest BCUT2D eigenvalue weighted by atomic mass is 10.3. The van der Waals surface area contributed by atoms with Gasteiger partial charge in [0.25, 0.3) is 0 Å². The van der Waals surface area contributed by atoms with Crippen LogP contribution in [0.25, 0.3) is 0 Å². The number of hydrogen-bond acceptors (Lipinski definition) is 5. The van der Waals surface area contributed by atoms with Crippen LogP contribution in [0, 0.1) is 0 Å². The van der Waals surface area contributed by atoms with Crippen molar-refractivity contribution in [1.82, 2.24) is 9.21 Å². The predicted molar refractivity (Wildman–Crippen MR) is 103 cm³/mol. The van der Waals surface area contributed by atoms with Crippen LogP contribution in [0.2, 0.25) is 0 Å². The van der Waals surface area contributed by atoms with E-state index in [1.165, 1.54) is 22.5 Å². The standard InChI is InChI=1S/C19H21F2N3O4S/c20-19(21)28-17-9-5-4-8-16(17)22-18(25)14-23-10-12-24(13-11-23)29(26,27)15-6-2-1-3-7-15/h1-9,19H,10-14H2,(H,22,25). The first-order valence-corrected chi connectivity index (χ1v) is 10.4. The van der Waals surface area contributed by atoms with Crippen molar-refractivity contribution in [2.45, 2.75) is 11.5 Å². The Morgan fingerprint density at radius 1 is 1.00 bits per heavy atom. The van der Waals surface area contributed by atoms with Gasteiger partial charge in [-0.2, -0.15) is 13.1 Å². The number of piperazine rings is 1. The van der Waals surface area contributed by atoms with Gasteiger partial charge < -0.3 is 10.1 Å². The number of para-hydroxylation sites is 2. The fourth-order valence-corrected chi connectivity index (χ4v) is 4.47. The number of carbonyl (C=O) groups excluding carboxylic acids is 1. The molecular weight excluding hydrogens is 404 g/mol. The number of halogens is 2. The molecule has 2 aromatic carbocycles. The summed E-state index contributed by atoms with van der Waals surface area (Å²) in [6.07, 6.45) is 0. The Balaban J connectivity index is 1.54. The number of anilines is 1. The highest BCUT2D eigenvalue weighted by atomic mass is 32.2. The molecule has 10 heteroatoms. The van der Waals surface area contributed by atoms with Gasteiger partial charge in [-0.3, -0.25) is 9.69 Å². The molecule has 0 bridgehead atoms. The molecule has 1 fully saturated rings. The van der Waals surface area contributed by atoms with Gasteiger partial charge in [-0.25, -0.2) is 8.42 Å².